The van der Waals surface area contributed by atoms with E-state index in [0.29, 0.717) is 12.1 Å². The van der Waals surface area contributed by atoms with Crippen LogP contribution in [0, 0.1) is 17.0 Å². The van der Waals surface area contributed by atoms with Gasteiger partial charge in [-0.25, -0.2) is 13.1 Å². The first kappa shape index (κ1) is 16.5. The van der Waals surface area contributed by atoms with Crippen LogP contribution in [0.4, 0.5) is 5.69 Å². The molecule has 1 aromatic rings. The highest BCUT2D eigenvalue weighted by atomic mass is 32.2. The van der Waals surface area contributed by atoms with E-state index in [4.69, 9.17) is 0 Å². The Labute approximate surface area is 118 Å². The van der Waals surface area contributed by atoms with E-state index in [2.05, 4.69) is 10.0 Å². The molecular formula is C12H19N3O4S. The van der Waals surface area contributed by atoms with Crippen molar-refractivity contribution in [2.24, 2.45) is 0 Å². The molecule has 112 valence electrons. The fourth-order valence-electron chi connectivity index (χ4n) is 1.65. The number of nitrogens with zero attached hydrogens (tertiary/aromatic N) is 1. The van der Waals surface area contributed by atoms with E-state index in [9.17, 15) is 18.5 Å². The summed E-state index contributed by atoms with van der Waals surface area (Å²) in [6, 6.07) is 3.80. The number of nitro groups is 1. The van der Waals surface area contributed by atoms with Crippen molar-refractivity contribution in [2.45, 2.75) is 25.2 Å². The zero-order chi connectivity index (χ0) is 15.2. The minimum absolute atomic E-state index is 0.0535. The molecule has 0 atom stereocenters. The molecular weight excluding hydrogens is 282 g/mol. The fourth-order valence-corrected chi connectivity index (χ4v) is 2.94. The number of nitrogens with one attached hydrogen (secondary N) is 2. The molecule has 0 saturated carbocycles. The summed E-state index contributed by atoms with van der Waals surface area (Å²) in [6.07, 6.45) is 0.969. The largest absolute Gasteiger partial charge is 0.315 e. The van der Waals surface area contributed by atoms with Crippen LogP contribution in [0.3, 0.4) is 0 Å². The predicted octanol–water partition coefficient (Wildman–Crippen LogP) is 1.18. The summed E-state index contributed by atoms with van der Waals surface area (Å²) in [5.74, 6) is 0. The number of hydrogen-bond donors (Lipinski definition) is 2. The van der Waals surface area contributed by atoms with Gasteiger partial charge in [0.05, 0.1) is 9.82 Å². The second kappa shape index (κ2) is 7.32. The van der Waals surface area contributed by atoms with Gasteiger partial charge in [-0.2, -0.15) is 0 Å². The van der Waals surface area contributed by atoms with E-state index in [1.807, 2.05) is 6.92 Å². The van der Waals surface area contributed by atoms with Crippen molar-refractivity contribution in [1.82, 2.24) is 10.0 Å². The Morgan fingerprint density at radius 3 is 2.55 bits per heavy atom. The zero-order valence-corrected chi connectivity index (χ0v) is 12.4. The summed E-state index contributed by atoms with van der Waals surface area (Å²) < 4.78 is 26.6. The minimum atomic E-state index is -3.73. The first-order chi connectivity index (χ1) is 9.38. The number of non-ortho nitro benzene ring substituents is 1. The van der Waals surface area contributed by atoms with Crippen molar-refractivity contribution in [1.29, 1.82) is 0 Å². The van der Waals surface area contributed by atoms with E-state index >= 15 is 0 Å². The smallest absolute Gasteiger partial charge is 0.270 e. The third-order valence-electron chi connectivity index (χ3n) is 2.69. The van der Waals surface area contributed by atoms with Gasteiger partial charge in [-0.1, -0.05) is 13.0 Å². The predicted molar refractivity (Wildman–Crippen MR) is 76.2 cm³/mol. The second-order valence-electron chi connectivity index (χ2n) is 4.35. The highest BCUT2D eigenvalue weighted by molar-refractivity contribution is 7.89. The molecule has 0 aromatic heterocycles. The Morgan fingerprint density at radius 2 is 1.95 bits per heavy atom. The molecule has 0 aliphatic heterocycles. The maximum atomic E-state index is 12.1. The van der Waals surface area contributed by atoms with Crippen molar-refractivity contribution in [3.8, 4) is 0 Å². The lowest BCUT2D eigenvalue weighted by molar-refractivity contribution is -0.385. The van der Waals surface area contributed by atoms with Gasteiger partial charge in [0.2, 0.25) is 10.0 Å². The van der Waals surface area contributed by atoms with Gasteiger partial charge < -0.3 is 5.32 Å². The molecule has 7 nitrogen and oxygen atoms in total. The average molecular weight is 301 g/mol. The van der Waals surface area contributed by atoms with Crippen LogP contribution in [0.1, 0.15) is 18.9 Å². The first-order valence-electron chi connectivity index (χ1n) is 6.34. The fraction of sp³-hybridized carbons (Fsp3) is 0.500. The molecule has 8 heteroatoms. The minimum Gasteiger partial charge on any atom is -0.315 e. The van der Waals surface area contributed by atoms with E-state index in [0.717, 1.165) is 19.0 Å². The quantitative estimate of drug-likeness (QED) is 0.426. The summed E-state index contributed by atoms with van der Waals surface area (Å²) in [7, 11) is -3.73. The van der Waals surface area contributed by atoms with Crippen molar-refractivity contribution >= 4 is 15.7 Å². The number of nitro benzene ring substituents is 1. The lowest BCUT2D eigenvalue weighted by atomic mass is 10.2. The van der Waals surface area contributed by atoms with Crippen LogP contribution >= 0.6 is 0 Å². The summed E-state index contributed by atoms with van der Waals surface area (Å²) in [6.45, 7) is 5.19. The Hall–Kier alpha value is -1.51. The molecule has 0 heterocycles. The van der Waals surface area contributed by atoms with E-state index in [1.54, 1.807) is 6.92 Å². The lowest BCUT2D eigenvalue weighted by Crippen LogP contribution is -2.32. The molecule has 20 heavy (non-hydrogen) atoms. The Balaban J connectivity index is 2.81. The monoisotopic (exact) mass is 301 g/mol. The van der Waals surface area contributed by atoms with Crippen LogP contribution in [0.25, 0.3) is 0 Å². The molecule has 0 radical (unpaired) electrons. The Bertz CT molecular complexity index is 572. The molecule has 2 N–H and O–H groups in total. The first-order valence-corrected chi connectivity index (χ1v) is 7.82. The van der Waals surface area contributed by atoms with Gasteiger partial charge in [0.15, 0.2) is 0 Å². The molecule has 0 spiro atoms. The third-order valence-corrected chi connectivity index (χ3v) is 4.30. The standard InChI is InChI=1S/C12H19N3O4S/c1-3-6-13-7-8-14-20(18,19)12-9-11(15(16)17)5-4-10(12)2/h4-5,9,13-14H,3,6-8H2,1-2H3. The van der Waals surface area contributed by atoms with E-state index in [1.165, 1.54) is 12.1 Å². The van der Waals surface area contributed by atoms with Gasteiger partial charge in [0.25, 0.3) is 5.69 Å². The van der Waals surface area contributed by atoms with Gasteiger partial charge in [0.1, 0.15) is 0 Å². The summed E-state index contributed by atoms with van der Waals surface area (Å²) in [5, 5.41) is 13.8. The Kier molecular flexibility index (Phi) is 6.05. The van der Waals surface area contributed by atoms with Gasteiger partial charge in [-0.05, 0) is 25.5 Å². The zero-order valence-electron chi connectivity index (χ0n) is 11.5. The van der Waals surface area contributed by atoms with Gasteiger partial charge >= 0.3 is 0 Å². The average Bonchev–Trinajstić information content (AvgIpc) is 2.38. The van der Waals surface area contributed by atoms with Crippen LogP contribution < -0.4 is 10.0 Å². The topological polar surface area (TPSA) is 101 Å². The van der Waals surface area contributed by atoms with E-state index in [-0.39, 0.29) is 17.1 Å². The summed E-state index contributed by atoms with van der Waals surface area (Å²) in [4.78, 5) is 10.0. The molecule has 0 amide bonds. The Morgan fingerprint density at radius 1 is 1.25 bits per heavy atom. The highest BCUT2D eigenvalue weighted by Gasteiger charge is 2.19. The van der Waals surface area contributed by atoms with Crippen LogP contribution in [0.2, 0.25) is 0 Å². The van der Waals surface area contributed by atoms with Gasteiger partial charge in [-0.15, -0.1) is 0 Å². The molecule has 0 saturated heterocycles. The number of aryl methyl sites for hydroxylation is 1. The highest BCUT2D eigenvalue weighted by Crippen LogP contribution is 2.21. The van der Waals surface area contributed by atoms with Crippen molar-refractivity contribution in [2.75, 3.05) is 19.6 Å². The molecule has 0 aliphatic carbocycles. The van der Waals surface area contributed by atoms with Crippen LogP contribution in [0.15, 0.2) is 23.1 Å². The maximum absolute atomic E-state index is 12.1. The lowest BCUT2D eigenvalue weighted by Gasteiger charge is -2.09. The van der Waals surface area contributed by atoms with Gasteiger partial charge in [-0.3, -0.25) is 10.1 Å². The van der Waals surface area contributed by atoms with E-state index < -0.39 is 14.9 Å². The third kappa shape index (κ3) is 4.55. The number of benzene rings is 1. The molecule has 1 rings (SSSR count). The molecule has 0 bridgehead atoms. The van der Waals surface area contributed by atoms with Crippen LogP contribution in [-0.2, 0) is 10.0 Å². The molecule has 0 unspecified atom stereocenters. The molecule has 0 fully saturated rings. The molecule has 1 aromatic carbocycles. The van der Waals surface area contributed by atoms with Crippen molar-refractivity contribution < 1.29 is 13.3 Å². The summed E-state index contributed by atoms with van der Waals surface area (Å²) in [5.41, 5.74) is 0.240. The summed E-state index contributed by atoms with van der Waals surface area (Å²) >= 11 is 0. The van der Waals surface area contributed by atoms with Crippen molar-refractivity contribution in [3.63, 3.8) is 0 Å². The normalized spacial score (nSPS) is 11.5. The number of hydrogen-bond acceptors (Lipinski definition) is 5. The number of sulfonamides is 1. The SMILES string of the molecule is CCCNCCNS(=O)(=O)c1cc([N+](=O)[O-])ccc1C. The maximum Gasteiger partial charge on any atom is 0.270 e. The van der Waals surface area contributed by atoms with Crippen LogP contribution in [0.5, 0.6) is 0 Å². The van der Waals surface area contributed by atoms with Crippen molar-refractivity contribution in [3.05, 3.63) is 33.9 Å². The molecule has 0 aliphatic rings. The number of rotatable bonds is 8. The van der Waals surface area contributed by atoms with Gasteiger partial charge in [0, 0.05) is 25.2 Å². The van der Waals surface area contributed by atoms with Crippen LogP contribution in [-0.4, -0.2) is 33.0 Å². The second-order valence-corrected chi connectivity index (χ2v) is 6.09.